The summed E-state index contributed by atoms with van der Waals surface area (Å²) in [5.74, 6) is 0. The molecule has 0 amide bonds. The number of benzene rings is 9. The molecule has 0 unspecified atom stereocenters. The molecule has 0 aliphatic carbocycles. The van der Waals surface area contributed by atoms with E-state index in [0.717, 1.165) is 60.5 Å². The Balaban J connectivity index is 1.23. The van der Waals surface area contributed by atoms with Crippen LogP contribution in [0.5, 0.6) is 0 Å². The number of hydrogen-bond donors (Lipinski definition) is 0. The van der Waals surface area contributed by atoms with E-state index in [2.05, 4.69) is 158 Å². The predicted octanol–water partition coefficient (Wildman–Crippen LogP) is 13.9. The topological polar surface area (TPSA) is 26.3 Å². The smallest absolute Gasteiger partial charge is 0.142 e. The van der Waals surface area contributed by atoms with Crippen LogP contribution in [0.3, 0.4) is 0 Å². The fraction of sp³-hybridized carbons (Fsp3) is 0. The summed E-state index contributed by atoms with van der Waals surface area (Å²) >= 11 is 0. The Morgan fingerprint density at radius 1 is 0.320 bits per heavy atom. The van der Waals surface area contributed by atoms with Gasteiger partial charge in [0.25, 0.3) is 0 Å². The Hall–Kier alpha value is -6.64. The molecule has 0 saturated heterocycles. The number of hydrogen-bond acceptors (Lipinski definition) is 2. The van der Waals surface area contributed by atoms with Crippen LogP contribution in [0, 0.1) is 0 Å². The van der Waals surface area contributed by atoms with Gasteiger partial charge in [0.1, 0.15) is 16.7 Å². The first-order chi connectivity index (χ1) is 24.8. The van der Waals surface area contributed by atoms with Gasteiger partial charge in [0.15, 0.2) is 0 Å². The number of rotatable bonds is 3. The molecule has 9 aromatic carbocycles. The van der Waals surface area contributed by atoms with Gasteiger partial charge >= 0.3 is 0 Å². The van der Waals surface area contributed by atoms with Crippen LogP contribution < -0.4 is 0 Å². The van der Waals surface area contributed by atoms with Gasteiger partial charge in [-0.25, -0.2) is 0 Å². The average Bonchev–Trinajstić information content (AvgIpc) is 3.79. The highest BCUT2D eigenvalue weighted by atomic mass is 16.3. The Kier molecular flexibility index (Phi) is 5.70. The van der Waals surface area contributed by atoms with E-state index >= 15 is 0 Å². The fourth-order valence-corrected chi connectivity index (χ4v) is 8.25. The first-order valence-electron chi connectivity index (χ1n) is 17.1. The third-order valence-corrected chi connectivity index (χ3v) is 10.5. The highest BCUT2D eigenvalue weighted by molar-refractivity contribution is 6.20. The van der Waals surface area contributed by atoms with Crippen LogP contribution in [0.2, 0.25) is 0 Å². The highest BCUT2D eigenvalue weighted by Crippen LogP contribution is 2.48. The second-order valence-corrected chi connectivity index (χ2v) is 13.2. The molecular weight excluding hydrogens is 609 g/mol. The van der Waals surface area contributed by atoms with Crippen LogP contribution in [-0.2, 0) is 0 Å². The summed E-state index contributed by atoms with van der Waals surface area (Å²) in [5.41, 5.74) is 9.60. The van der Waals surface area contributed by atoms with Crippen LogP contribution in [0.1, 0.15) is 0 Å². The van der Waals surface area contributed by atoms with Gasteiger partial charge in [0.2, 0.25) is 0 Å². The zero-order chi connectivity index (χ0) is 32.8. The molecule has 11 rings (SSSR count). The minimum Gasteiger partial charge on any atom is -0.463 e. The second-order valence-electron chi connectivity index (χ2n) is 13.2. The Morgan fingerprint density at radius 3 is 1.88 bits per heavy atom. The molecule has 0 radical (unpaired) electrons. The largest absolute Gasteiger partial charge is 0.463 e. The van der Waals surface area contributed by atoms with Gasteiger partial charge in [0.05, 0.1) is 6.26 Å². The molecule has 232 valence electrons. The molecule has 0 spiro atoms. The molecule has 2 heteroatoms. The van der Waals surface area contributed by atoms with Gasteiger partial charge in [-0.3, -0.25) is 0 Å². The first kappa shape index (κ1) is 27.3. The summed E-state index contributed by atoms with van der Waals surface area (Å²) in [6.07, 6.45) is 1.95. The molecule has 0 saturated carbocycles. The lowest BCUT2D eigenvalue weighted by Crippen LogP contribution is -1.92. The van der Waals surface area contributed by atoms with Crippen LogP contribution >= 0.6 is 0 Å². The Morgan fingerprint density at radius 2 is 0.980 bits per heavy atom. The van der Waals surface area contributed by atoms with E-state index in [1.165, 1.54) is 48.8 Å². The minimum atomic E-state index is 0.891. The summed E-state index contributed by atoms with van der Waals surface area (Å²) in [6.45, 7) is 0. The SMILES string of the molecule is c1ccc(-c2coc3c2ccc2c4ccccc4ccc23)c(-c2c(-c3cccc4oc5ccccc5c34)ccc3cc4ccccc4cc23)c1. The third-order valence-electron chi connectivity index (χ3n) is 10.5. The first-order valence-corrected chi connectivity index (χ1v) is 17.1. The number of para-hydroxylation sites is 1. The van der Waals surface area contributed by atoms with Crippen molar-refractivity contribution >= 4 is 76.0 Å². The lowest BCUT2D eigenvalue weighted by atomic mass is 9.84. The lowest BCUT2D eigenvalue weighted by molar-refractivity contribution is 0.620. The maximum absolute atomic E-state index is 6.50. The number of furan rings is 2. The molecule has 0 aliphatic rings. The standard InChI is InChI=1S/C48H28O2/c1-2-12-31-27-42-32(26-30(31)11-1)21-22-38(37-17-9-19-45-47(37)41-16-7-8-18-44(41)50-45)46(42)36-15-6-5-14-34(36)43-28-49-48-39-23-20-29-10-3-4-13-33(29)35(39)24-25-40(43)48/h1-28H. The summed E-state index contributed by atoms with van der Waals surface area (Å²) in [6, 6.07) is 58.9. The average molecular weight is 637 g/mol. The quantitative estimate of drug-likeness (QED) is 0.142. The van der Waals surface area contributed by atoms with Crippen LogP contribution in [0.4, 0.5) is 0 Å². The monoisotopic (exact) mass is 636 g/mol. The summed E-state index contributed by atoms with van der Waals surface area (Å²) < 4.78 is 12.9. The molecule has 2 nitrogen and oxygen atoms in total. The van der Waals surface area contributed by atoms with E-state index < -0.39 is 0 Å². The van der Waals surface area contributed by atoms with Crippen molar-refractivity contribution in [1.29, 1.82) is 0 Å². The fourth-order valence-electron chi connectivity index (χ4n) is 8.25. The molecule has 0 N–H and O–H groups in total. The van der Waals surface area contributed by atoms with Crippen molar-refractivity contribution in [2.45, 2.75) is 0 Å². The Bertz CT molecular complexity index is 3160. The Labute approximate surface area is 287 Å². The molecule has 2 aromatic heterocycles. The molecule has 50 heavy (non-hydrogen) atoms. The van der Waals surface area contributed by atoms with Gasteiger partial charge in [-0.2, -0.15) is 0 Å². The van der Waals surface area contributed by atoms with E-state index in [9.17, 15) is 0 Å². The number of fused-ring (bicyclic) bond motifs is 10. The molecule has 2 heterocycles. The van der Waals surface area contributed by atoms with Crippen LogP contribution in [0.15, 0.2) is 179 Å². The van der Waals surface area contributed by atoms with Gasteiger partial charge < -0.3 is 8.83 Å². The molecule has 0 aliphatic heterocycles. The zero-order valence-corrected chi connectivity index (χ0v) is 27.0. The van der Waals surface area contributed by atoms with Crippen molar-refractivity contribution in [1.82, 2.24) is 0 Å². The van der Waals surface area contributed by atoms with Gasteiger partial charge in [-0.1, -0.05) is 127 Å². The lowest BCUT2D eigenvalue weighted by Gasteiger charge is -2.18. The second kappa shape index (κ2) is 10.4. The molecule has 11 aromatic rings. The van der Waals surface area contributed by atoms with E-state index in [1.807, 2.05) is 12.3 Å². The van der Waals surface area contributed by atoms with Gasteiger partial charge in [-0.05, 0) is 102 Å². The third kappa shape index (κ3) is 3.90. The van der Waals surface area contributed by atoms with Crippen molar-refractivity contribution in [2.75, 3.05) is 0 Å². The van der Waals surface area contributed by atoms with Crippen molar-refractivity contribution in [2.24, 2.45) is 0 Å². The van der Waals surface area contributed by atoms with Gasteiger partial charge in [-0.15, -0.1) is 0 Å². The van der Waals surface area contributed by atoms with Gasteiger partial charge in [0, 0.05) is 27.1 Å². The van der Waals surface area contributed by atoms with Crippen LogP contribution in [0.25, 0.3) is 109 Å². The van der Waals surface area contributed by atoms with E-state index in [-0.39, 0.29) is 0 Å². The molecule has 0 bridgehead atoms. The highest BCUT2D eigenvalue weighted by Gasteiger charge is 2.22. The van der Waals surface area contributed by atoms with Crippen LogP contribution in [-0.4, -0.2) is 0 Å². The maximum atomic E-state index is 6.50. The summed E-state index contributed by atoms with van der Waals surface area (Å²) in [5, 5.41) is 13.0. The van der Waals surface area contributed by atoms with E-state index in [0.29, 0.717) is 0 Å². The van der Waals surface area contributed by atoms with Crippen molar-refractivity contribution in [3.63, 3.8) is 0 Å². The molecule has 0 fully saturated rings. The maximum Gasteiger partial charge on any atom is 0.142 e. The summed E-state index contributed by atoms with van der Waals surface area (Å²) in [7, 11) is 0. The van der Waals surface area contributed by atoms with E-state index in [1.54, 1.807) is 0 Å². The normalized spacial score (nSPS) is 12.0. The van der Waals surface area contributed by atoms with Crippen molar-refractivity contribution in [3.05, 3.63) is 170 Å². The van der Waals surface area contributed by atoms with E-state index in [4.69, 9.17) is 8.83 Å². The molecular formula is C48H28O2. The summed E-state index contributed by atoms with van der Waals surface area (Å²) in [4.78, 5) is 0. The molecule has 0 atom stereocenters. The van der Waals surface area contributed by atoms with Crippen molar-refractivity contribution < 1.29 is 8.83 Å². The minimum absolute atomic E-state index is 0.891. The zero-order valence-electron chi connectivity index (χ0n) is 27.0. The predicted molar refractivity (Wildman–Crippen MR) is 210 cm³/mol. The van der Waals surface area contributed by atoms with Crippen molar-refractivity contribution in [3.8, 4) is 33.4 Å².